The van der Waals surface area contributed by atoms with E-state index in [0.29, 0.717) is 26.2 Å². The first-order valence-corrected chi connectivity index (χ1v) is 11.8. The molecular formula is C21H28N4O3S. The monoisotopic (exact) mass is 416 g/mol. The predicted octanol–water partition coefficient (Wildman–Crippen LogP) is 1.73. The van der Waals surface area contributed by atoms with Crippen molar-refractivity contribution in [3.8, 4) is 5.75 Å². The van der Waals surface area contributed by atoms with E-state index in [9.17, 15) is 8.42 Å². The Hall–Kier alpha value is -2.16. The van der Waals surface area contributed by atoms with Gasteiger partial charge in [-0.05, 0) is 24.6 Å². The van der Waals surface area contributed by atoms with E-state index in [0.717, 1.165) is 31.2 Å². The van der Waals surface area contributed by atoms with E-state index in [1.54, 1.807) is 6.20 Å². The molecule has 2 saturated heterocycles. The molecule has 7 nitrogen and oxygen atoms in total. The van der Waals surface area contributed by atoms with Crippen LogP contribution >= 0.6 is 0 Å². The molecule has 1 aromatic heterocycles. The molecule has 8 heteroatoms. The van der Waals surface area contributed by atoms with Crippen LogP contribution in [0.4, 0.5) is 5.82 Å². The quantitative estimate of drug-likeness (QED) is 0.715. The number of rotatable bonds is 6. The van der Waals surface area contributed by atoms with Crippen LogP contribution in [-0.4, -0.2) is 74.2 Å². The van der Waals surface area contributed by atoms with E-state index in [-0.39, 0.29) is 6.10 Å². The second kappa shape index (κ2) is 8.30. The van der Waals surface area contributed by atoms with E-state index in [1.165, 1.54) is 21.7 Å². The van der Waals surface area contributed by atoms with Gasteiger partial charge in [0.2, 0.25) is 10.0 Å². The fraction of sp³-hybridized carbons (Fsp3) is 0.476. The van der Waals surface area contributed by atoms with Gasteiger partial charge in [-0.1, -0.05) is 29.8 Å². The molecule has 1 aromatic carbocycles. The van der Waals surface area contributed by atoms with Gasteiger partial charge in [-0.2, -0.15) is 4.31 Å². The van der Waals surface area contributed by atoms with Crippen molar-refractivity contribution in [2.45, 2.75) is 19.6 Å². The molecule has 0 radical (unpaired) electrons. The van der Waals surface area contributed by atoms with Gasteiger partial charge >= 0.3 is 0 Å². The van der Waals surface area contributed by atoms with Gasteiger partial charge in [0, 0.05) is 45.8 Å². The highest BCUT2D eigenvalue weighted by molar-refractivity contribution is 7.88. The lowest BCUT2D eigenvalue weighted by atomic mass is 10.1. The van der Waals surface area contributed by atoms with Crippen molar-refractivity contribution >= 4 is 15.8 Å². The van der Waals surface area contributed by atoms with Gasteiger partial charge in [-0.15, -0.1) is 0 Å². The first kappa shape index (κ1) is 20.1. The first-order chi connectivity index (χ1) is 13.9. The maximum Gasteiger partial charge on any atom is 0.211 e. The highest BCUT2D eigenvalue weighted by Crippen LogP contribution is 2.22. The summed E-state index contributed by atoms with van der Waals surface area (Å²) in [5, 5.41) is 0. The lowest BCUT2D eigenvalue weighted by molar-refractivity contribution is 0.0144. The highest BCUT2D eigenvalue weighted by atomic mass is 32.2. The number of anilines is 1. The van der Waals surface area contributed by atoms with E-state index in [1.807, 2.05) is 12.1 Å². The zero-order valence-electron chi connectivity index (χ0n) is 17.0. The number of aromatic nitrogens is 1. The third kappa shape index (κ3) is 5.07. The molecule has 29 heavy (non-hydrogen) atoms. The summed E-state index contributed by atoms with van der Waals surface area (Å²) in [6.07, 6.45) is 3.22. The van der Waals surface area contributed by atoms with Gasteiger partial charge in [-0.25, -0.2) is 13.4 Å². The Morgan fingerprint density at radius 1 is 1.03 bits per heavy atom. The Morgan fingerprint density at radius 2 is 1.72 bits per heavy atom. The molecular weight excluding hydrogens is 388 g/mol. The van der Waals surface area contributed by atoms with Crippen LogP contribution in [0.25, 0.3) is 0 Å². The average Bonchev–Trinajstić information content (AvgIpc) is 2.68. The maximum atomic E-state index is 11.6. The van der Waals surface area contributed by atoms with Crippen LogP contribution in [0.3, 0.4) is 0 Å². The number of nitrogens with zero attached hydrogens (tertiary/aromatic N) is 4. The lowest BCUT2D eigenvalue weighted by Crippen LogP contribution is -2.53. The maximum absolute atomic E-state index is 11.6. The Bertz CT molecular complexity index is 917. The molecule has 0 atom stereocenters. The SMILES string of the molecule is Cc1ccc(CN2CC(Oc3ccc(N4CCN(S(C)(=O)=O)CC4)nc3)C2)cc1. The van der Waals surface area contributed by atoms with Crippen molar-refractivity contribution in [2.75, 3.05) is 50.4 Å². The number of ether oxygens (including phenoxy) is 1. The number of piperazine rings is 1. The second-order valence-corrected chi connectivity index (χ2v) is 9.90. The number of aryl methyl sites for hydroxylation is 1. The summed E-state index contributed by atoms with van der Waals surface area (Å²) in [6.45, 7) is 7.19. The predicted molar refractivity (Wildman–Crippen MR) is 114 cm³/mol. The Labute approximate surface area is 172 Å². The molecule has 156 valence electrons. The van der Waals surface area contributed by atoms with Gasteiger partial charge in [-0.3, -0.25) is 4.90 Å². The smallest absolute Gasteiger partial charge is 0.211 e. The Kier molecular flexibility index (Phi) is 5.76. The van der Waals surface area contributed by atoms with Crippen molar-refractivity contribution in [1.29, 1.82) is 0 Å². The summed E-state index contributed by atoms with van der Waals surface area (Å²) >= 11 is 0. The van der Waals surface area contributed by atoms with Crippen molar-refractivity contribution in [3.63, 3.8) is 0 Å². The minimum absolute atomic E-state index is 0.200. The number of pyridine rings is 1. The minimum Gasteiger partial charge on any atom is -0.486 e. The standard InChI is InChI=1S/C21H28N4O3S/c1-17-3-5-18(6-4-17)14-23-15-20(16-23)28-19-7-8-21(22-13-19)24-9-11-25(12-10-24)29(2,26)27/h3-8,13,20H,9-12,14-16H2,1-2H3. The number of hydrogen-bond acceptors (Lipinski definition) is 6. The molecule has 0 spiro atoms. The van der Waals surface area contributed by atoms with E-state index < -0.39 is 10.0 Å². The van der Waals surface area contributed by atoms with Crippen molar-refractivity contribution in [1.82, 2.24) is 14.2 Å². The molecule has 0 N–H and O–H groups in total. The van der Waals surface area contributed by atoms with Crippen molar-refractivity contribution in [2.24, 2.45) is 0 Å². The van der Waals surface area contributed by atoms with Crippen LogP contribution < -0.4 is 9.64 Å². The minimum atomic E-state index is -3.11. The van der Waals surface area contributed by atoms with Crippen molar-refractivity contribution in [3.05, 3.63) is 53.7 Å². The zero-order valence-corrected chi connectivity index (χ0v) is 17.8. The third-order valence-corrected chi connectivity index (χ3v) is 6.81. The average molecular weight is 417 g/mol. The molecule has 2 aromatic rings. The van der Waals surface area contributed by atoms with Crippen LogP contribution in [0.2, 0.25) is 0 Å². The van der Waals surface area contributed by atoms with Gasteiger partial charge in [0.1, 0.15) is 17.7 Å². The van der Waals surface area contributed by atoms with E-state index in [4.69, 9.17) is 4.74 Å². The molecule has 2 aliphatic heterocycles. The summed E-state index contributed by atoms with van der Waals surface area (Å²) in [6, 6.07) is 12.6. The van der Waals surface area contributed by atoms with Crippen molar-refractivity contribution < 1.29 is 13.2 Å². The third-order valence-electron chi connectivity index (χ3n) is 5.51. The molecule has 0 saturated carbocycles. The summed E-state index contributed by atoms with van der Waals surface area (Å²) in [4.78, 5) is 9.00. The summed E-state index contributed by atoms with van der Waals surface area (Å²) in [7, 11) is -3.11. The summed E-state index contributed by atoms with van der Waals surface area (Å²) in [5.41, 5.74) is 2.61. The van der Waals surface area contributed by atoms with Crippen LogP contribution in [0, 0.1) is 6.92 Å². The van der Waals surface area contributed by atoms with Crippen LogP contribution in [0.15, 0.2) is 42.6 Å². The fourth-order valence-electron chi connectivity index (χ4n) is 3.75. The molecule has 3 heterocycles. The molecule has 0 aliphatic carbocycles. The van der Waals surface area contributed by atoms with E-state index >= 15 is 0 Å². The first-order valence-electron chi connectivity index (χ1n) is 9.97. The molecule has 0 amide bonds. The van der Waals surface area contributed by atoms with Gasteiger partial charge in [0.15, 0.2) is 0 Å². The van der Waals surface area contributed by atoms with Gasteiger partial charge < -0.3 is 9.64 Å². The van der Waals surface area contributed by atoms with Gasteiger partial charge in [0.25, 0.3) is 0 Å². The topological polar surface area (TPSA) is 66.0 Å². The molecule has 2 fully saturated rings. The number of sulfonamides is 1. The largest absolute Gasteiger partial charge is 0.486 e. The summed E-state index contributed by atoms with van der Waals surface area (Å²) in [5.74, 6) is 1.64. The Morgan fingerprint density at radius 3 is 2.31 bits per heavy atom. The van der Waals surface area contributed by atoms with E-state index in [2.05, 4.69) is 46.0 Å². The molecule has 0 unspecified atom stereocenters. The highest BCUT2D eigenvalue weighted by Gasteiger charge is 2.28. The number of hydrogen-bond donors (Lipinski definition) is 0. The Balaban J connectivity index is 1.23. The van der Waals surface area contributed by atoms with Gasteiger partial charge in [0.05, 0.1) is 12.5 Å². The number of likely N-dealkylation sites (tertiary alicyclic amines) is 1. The molecule has 2 aliphatic rings. The van der Waals surface area contributed by atoms with Crippen LogP contribution in [0.1, 0.15) is 11.1 Å². The molecule has 4 rings (SSSR count). The fourth-order valence-corrected chi connectivity index (χ4v) is 4.57. The van der Waals surface area contributed by atoms with Crippen LogP contribution in [-0.2, 0) is 16.6 Å². The lowest BCUT2D eigenvalue weighted by Gasteiger charge is -2.39. The second-order valence-electron chi connectivity index (χ2n) is 7.92. The number of benzene rings is 1. The normalized spacial score (nSPS) is 19.2. The molecule has 0 bridgehead atoms. The van der Waals surface area contributed by atoms with Crippen LogP contribution in [0.5, 0.6) is 5.75 Å². The zero-order chi connectivity index (χ0) is 20.4. The summed E-state index contributed by atoms with van der Waals surface area (Å²) < 4.78 is 30.8.